The number of likely N-dealkylation sites (N-methyl/N-ethyl adjacent to an activating group) is 1. The van der Waals surface area contributed by atoms with E-state index < -0.39 is 0 Å². The molecule has 3 heteroatoms. The molecule has 2 nitrogen and oxygen atoms in total. The first-order valence-corrected chi connectivity index (χ1v) is 7.54. The number of hydrogen-bond donors (Lipinski definition) is 1. The van der Waals surface area contributed by atoms with Crippen LogP contribution in [0.25, 0.3) is 0 Å². The highest BCUT2D eigenvalue weighted by molar-refractivity contribution is 9.10. The van der Waals surface area contributed by atoms with Crippen molar-refractivity contribution in [2.45, 2.75) is 20.0 Å². The molecule has 0 bridgehead atoms. The lowest BCUT2D eigenvalue weighted by molar-refractivity contribution is 0.204. The normalized spacial score (nSPS) is 12.2. The van der Waals surface area contributed by atoms with Crippen molar-refractivity contribution >= 4 is 15.9 Å². The van der Waals surface area contributed by atoms with Crippen molar-refractivity contribution in [3.63, 3.8) is 0 Å². The Balaban J connectivity index is 2.25. The summed E-state index contributed by atoms with van der Waals surface area (Å²) in [6, 6.07) is 14.4. The lowest BCUT2D eigenvalue weighted by Crippen LogP contribution is -2.22. The fraction of sp³-hybridized carbons (Fsp3) is 0.294. The van der Waals surface area contributed by atoms with Gasteiger partial charge in [0, 0.05) is 11.0 Å². The van der Waals surface area contributed by atoms with Crippen molar-refractivity contribution in [3.05, 3.63) is 63.6 Å². The van der Waals surface area contributed by atoms with Crippen molar-refractivity contribution in [3.8, 4) is 5.75 Å². The van der Waals surface area contributed by atoms with Crippen LogP contribution < -0.4 is 10.1 Å². The summed E-state index contributed by atoms with van der Waals surface area (Å²) in [7, 11) is 1.94. The average Bonchev–Trinajstić information content (AvgIpc) is 2.45. The van der Waals surface area contributed by atoms with Crippen molar-refractivity contribution in [1.29, 1.82) is 0 Å². The van der Waals surface area contributed by atoms with Gasteiger partial charge in [-0.25, -0.2) is 0 Å². The summed E-state index contributed by atoms with van der Waals surface area (Å²) in [4.78, 5) is 0. The van der Waals surface area contributed by atoms with Crippen LogP contribution in [0.15, 0.2) is 46.9 Å². The van der Waals surface area contributed by atoms with Gasteiger partial charge in [-0.05, 0) is 49.7 Å². The third-order valence-electron chi connectivity index (χ3n) is 3.25. The number of rotatable bonds is 5. The molecule has 20 heavy (non-hydrogen) atoms. The summed E-state index contributed by atoms with van der Waals surface area (Å²) in [6.45, 7) is 4.94. The predicted octanol–water partition coefficient (Wildman–Crippen LogP) is 4.41. The molecule has 2 aromatic carbocycles. The number of hydrogen-bond acceptors (Lipinski definition) is 2. The first kappa shape index (κ1) is 15.1. The molecule has 0 heterocycles. The van der Waals surface area contributed by atoms with Crippen LogP contribution in [0, 0.1) is 13.8 Å². The molecule has 0 aromatic heterocycles. The van der Waals surface area contributed by atoms with E-state index >= 15 is 0 Å². The first-order chi connectivity index (χ1) is 9.61. The Morgan fingerprint density at radius 2 is 1.70 bits per heavy atom. The molecule has 0 saturated carbocycles. The van der Waals surface area contributed by atoms with Gasteiger partial charge in [0.25, 0.3) is 0 Å². The molecule has 1 unspecified atom stereocenters. The molecule has 1 N–H and O–H groups in total. The van der Waals surface area contributed by atoms with Crippen molar-refractivity contribution in [1.82, 2.24) is 5.32 Å². The van der Waals surface area contributed by atoms with Crippen LogP contribution in [0.4, 0.5) is 0 Å². The number of ether oxygens (including phenoxy) is 1. The predicted molar refractivity (Wildman–Crippen MR) is 87.4 cm³/mol. The van der Waals surface area contributed by atoms with E-state index in [9.17, 15) is 0 Å². The van der Waals surface area contributed by atoms with Crippen LogP contribution in [-0.4, -0.2) is 13.6 Å². The zero-order valence-electron chi connectivity index (χ0n) is 12.1. The van der Waals surface area contributed by atoms with Crippen molar-refractivity contribution < 1.29 is 4.74 Å². The smallest absolute Gasteiger partial charge is 0.136 e. The topological polar surface area (TPSA) is 21.3 Å². The number of aryl methyl sites for hydroxylation is 2. The molecule has 0 aliphatic heterocycles. The second-order valence-electron chi connectivity index (χ2n) is 4.95. The number of nitrogens with one attached hydrogen (secondary N) is 1. The van der Waals surface area contributed by atoms with E-state index in [0.717, 1.165) is 16.8 Å². The molecule has 0 fully saturated rings. The van der Waals surface area contributed by atoms with Gasteiger partial charge in [0.15, 0.2) is 0 Å². The van der Waals surface area contributed by atoms with E-state index in [2.05, 4.69) is 59.4 Å². The Labute approximate surface area is 129 Å². The van der Waals surface area contributed by atoms with Crippen LogP contribution >= 0.6 is 15.9 Å². The van der Waals surface area contributed by atoms with E-state index in [4.69, 9.17) is 4.74 Å². The third-order valence-corrected chi connectivity index (χ3v) is 4.50. The Morgan fingerprint density at radius 3 is 2.25 bits per heavy atom. The second kappa shape index (κ2) is 6.91. The monoisotopic (exact) mass is 333 g/mol. The standard InChI is InChI=1S/C17H20BrNO/c1-12-9-15(10-13(2)17(12)18)20-16(11-19-3)14-7-5-4-6-8-14/h4-10,16,19H,11H2,1-3H3. The molecule has 0 saturated heterocycles. The highest BCUT2D eigenvalue weighted by Gasteiger charge is 2.13. The Hall–Kier alpha value is -1.32. The summed E-state index contributed by atoms with van der Waals surface area (Å²) in [5.41, 5.74) is 3.56. The Kier molecular flexibility index (Phi) is 5.21. The maximum atomic E-state index is 6.17. The van der Waals surface area contributed by atoms with Crippen molar-refractivity contribution in [2.75, 3.05) is 13.6 Å². The molecular weight excluding hydrogens is 314 g/mol. The second-order valence-corrected chi connectivity index (χ2v) is 5.74. The van der Waals surface area contributed by atoms with E-state index in [0.29, 0.717) is 0 Å². The van der Waals surface area contributed by atoms with Crippen LogP contribution in [0.1, 0.15) is 22.8 Å². The van der Waals surface area contributed by atoms with E-state index in [1.807, 2.05) is 25.2 Å². The van der Waals surface area contributed by atoms with Gasteiger partial charge in [-0.15, -0.1) is 0 Å². The zero-order valence-corrected chi connectivity index (χ0v) is 13.7. The number of benzene rings is 2. The van der Waals surface area contributed by atoms with Gasteiger partial charge >= 0.3 is 0 Å². The molecule has 106 valence electrons. The van der Waals surface area contributed by atoms with Gasteiger partial charge < -0.3 is 10.1 Å². The highest BCUT2D eigenvalue weighted by Crippen LogP contribution is 2.29. The fourth-order valence-corrected chi connectivity index (χ4v) is 2.45. The molecule has 0 aliphatic rings. The fourth-order valence-electron chi connectivity index (χ4n) is 2.22. The van der Waals surface area contributed by atoms with Crippen LogP contribution in [0.5, 0.6) is 5.75 Å². The summed E-state index contributed by atoms with van der Waals surface area (Å²) < 4.78 is 7.32. The van der Waals surface area contributed by atoms with Crippen LogP contribution in [0.2, 0.25) is 0 Å². The minimum atomic E-state index is 0.0150. The average molecular weight is 334 g/mol. The van der Waals surface area contributed by atoms with Gasteiger partial charge in [0.2, 0.25) is 0 Å². The molecule has 1 atom stereocenters. The lowest BCUT2D eigenvalue weighted by Gasteiger charge is -2.20. The largest absolute Gasteiger partial charge is 0.484 e. The van der Waals surface area contributed by atoms with Gasteiger partial charge in [0.05, 0.1) is 0 Å². The van der Waals surface area contributed by atoms with Crippen LogP contribution in [-0.2, 0) is 0 Å². The quantitative estimate of drug-likeness (QED) is 0.875. The van der Waals surface area contributed by atoms with E-state index in [1.165, 1.54) is 16.7 Å². The third kappa shape index (κ3) is 3.62. The minimum absolute atomic E-state index is 0.0150. The maximum Gasteiger partial charge on any atom is 0.136 e. The molecule has 2 rings (SSSR count). The molecule has 0 aliphatic carbocycles. The lowest BCUT2D eigenvalue weighted by atomic mass is 10.1. The van der Waals surface area contributed by atoms with E-state index in [-0.39, 0.29) is 6.10 Å². The summed E-state index contributed by atoms with van der Waals surface area (Å²) in [6.07, 6.45) is 0.0150. The SMILES string of the molecule is CNCC(Oc1cc(C)c(Br)c(C)c1)c1ccccc1. The minimum Gasteiger partial charge on any atom is -0.484 e. The van der Waals surface area contributed by atoms with Gasteiger partial charge in [-0.1, -0.05) is 46.3 Å². The number of halogens is 1. The van der Waals surface area contributed by atoms with Gasteiger partial charge in [-0.2, -0.15) is 0 Å². The van der Waals surface area contributed by atoms with Gasteiger partial charge in [0.1, 0.15) is 11.9 Å². The van der Waals surface area contributed by atoms with Crippen molar-refractivity contribution in [2.24, 2.45) is 0 Å². The summed E-state index contributed by atoms with van der Waals surface area (Å²) in [5.74, 6) is 0.910. The molecular formula is C17H20BrNO. The van der Waals surface area contributed by atoms with Gasteiger partial charge in [-0.3, -0.25) is 0 Å². The maximum absolute atomic E-state index is 6.17. The summed E-state index contributed by atoms with van der Waals surface area (Å²) >= 11 is 3.59. The molecule has 0 radical (unpaired) electrons. The highest BCUT2D eigenvalue weighted by atomic mass is 79.9. The Bertz CT molecular complexity index is 545. The summed E-state index contributed by atoms with van der Waals surface area (Å²) in [5, 5.41) is 3.19. The van der Waals surface area contributed by atoms with Crippen LogP contribution in [0.3, 0.4) is 0 Å². The van der Waals surface area contributed by atoms with E-state index in [1.54, 1.807) is 0 Å². The first-order valence-electron chi connectivity index (χ1n) is 6.74. The molecule has 0 amide bonds. The molecule has 2 aromatic rings. The Morgan fingerprint density at radius 1 is 1.10 bits per heavy atom. The zero-order chi connectivity index (χ0) is 14.5. The molecule has 0 spiro atoms.